The minimum Gasteiger partial charge on any atom is -0.367 e. The van der Waals surface area contributed by atoms with Gasteiger partial charge in [0.05, 0.1) is 11.5 Å². The molecule has 0 aliphatic heterocycles. The molecule has 0 unspecified atom stereocenters. The van der Waals surface area contributed by atoms with Gasteiger partial charge in [-0.15, -0.1) is 0 Å². The lowest BCUT2D eigenvalue weighted by Gasteiger charge is -2.15. The minimum atomic E-state index is -4.37. The van der Waals surface area contributed by atoms with Gasteiger partial charge in [-0.2, -0.15) is 13.2 Å². The Morgan fingerprint density at radius 2 is 1.55 bits per heavy atom. The maximum absolute atomic E-state index is 12.4. The van der Waals surface area contributed by atoms with Crippen LogP contribution in [0.3, 0.4) is 0 Å². The van der Waals surface area contributed by atoms with Crippen molar-refractivity contribution in [2.24, 2.45) is 0 Å². The van der Waals surface area contributed by atoms with Crippen molar-refractivity contribution < 1.29 is 31.1 Å². The number of nitrogens with one attached hydrogen (secondary N) is 2. The summed E-state index contributed by atoms with van der Waals surface area (Å²) in [5, 5.41) is 5.26. The molecule has 0 aliphatic rings. The molecule has 2 amide bonds. The van der Waals surface area contributed by atoms with E-state index in [9.17, 15) is 26.4 Å². The number of amides is 2. The van der Waals surface area contributed by atoms with E-state index in [0.29, 0.717) is 11.1 Å². The smallest absolute Gasteiger partial charge is 0.367 e. The number of halogens is 3. The van der Waals surface area contributed by atoms with Crippen LogP contribution in [-0.2, 0) is 34.5 Å². The molecule has 7 nitrogen and oxygen atoms in total. The fraction of sp³-hybridized carbons (Fsp3) is 0.350. The molecule has 11 heteroatoms. The molecule has 2 aromatic carbocycles. The van der Waals surface area contributed by atoms with Gasteiger partial charge in [0, 0.05) is 27.2 Å². The standard InChI is InChI=1S/C20H24F3N3O4S/c1-26(2)31(28,29)18-6-4-3-5-17(18)12-25-19(27)24-11-15-7-9-16(10-8-15)13-30-14-20(21,22)23/h3-10H,11-14H2,1-2H3,(H2,24,25,27). The van der Waals surface area contributed by atoms with Crippen molar-refractivity contribution in [3.8, 4) is 0 Å². The summed E-state index contributed by atoms with van der Waals surface area (Å²) in [6.07, 6.45) is -4.37. The van der Waals surface area contributed by atoms with Crippen LogP contribution in [0.15, 0.2) is 53.4 Å². The van der Waals surface area contributed by atoms with Crippen LogP contribution in [-0.4, -0.2) is 45.6 Å². The van der Waals surface area contributed by atoms with E-state index in [4.69, 9.17) is 0 Å². The number of urea groups is 1. The number of benzene rings is 2. The molecule has 0 bridgehead atoms. The highest BCUT2D eigenvalue weighted by atomic mass is 32.2. The van der Waals surface area contributed by atoms with E-state index in [1.54, 1.807) is 42.5 Å². The number of carbonyl (C=O) groups excluding carboxylic acids is 1. The first-order valence-corrected chi connectivity index (χ1v) is 10.7. The highest BCUT2D eigenvalue weighted by molar-refractivity contribution is 7.89. The zero-order chi connectivity index (χ0) is 23.1. The molecular weight excluding hydrogens is 435 g/mol. The van der Waals surface area contributed by atoms with Gasteiger partial charge in [-0.25, -0.2) is 17.5 Å². The normalized spacial score (nSPS) is 12.1. The number of hydrogen-bond donors (Lipinski definition) is 2. The molecule has 170 valence electrons. The number of alkyl halides is 3. The molecule has 2 rings (SSSR count). The number of sulfonamides is 1. The second-order valence-corrected chi connectivity index (χ2v) is 8.98. The van der Waals surface area contributed by atoms with Crippen LogP contribution in [0.5, 0.6) is 0 Å². The second kappa shape index (κ2) is 10.6. The van der Waals surface area contributed by atoms with Crippen LogP contribution in [0.2, 0.25) is 0 Å². The Morgan fingerprint density at radius 1 is 0.968 bits per heavy atom. The average molecular weight is 459 g/mol. The highest BCUT2D eigenvalue weighted by Crippen LogP contribution is 2.18. The van der Waals surface area contributed by atoms with Crippen molar-refractivity contribution in [2.75, 3.05) is 20.7 Å². The zero-order valence-corrected chi connectivity index (χ0v) is 17.9. The fourth-order valence-corrected chi connectivity index (χ4v) is 3.67. The number of nitrogens with zero attached hydrogens (tertiary/aromatic N) is 1. The molecule has 0 atom stereocenters. The Hall–Kier alpha value is -2.63. The van der Waals surface area contributed by atoms with Crippen molar-refractivity contribution in [3.63, 3.8) is 0 Å². The molecule has 2 aromatic rings. The summed E-state index contributed by atoms with van der Waals surface area (Å²) in [5.74, 6) is 0. The van der Waals surface area contributed by atoms with E-state index in [1.165, 1.54) is 20.2 Å². The Bertz CT molecular complexity index is 978. The molecule has 0 heterocycles. The van der Waals surface area contributed by atoms with Crippen LogP contribution in [0.4, 0.5) is 18.0 Å². The quantitative estimate of drug-likeness (QED) is 0.604. The summed E-state index contributed by atoms with van der Waals surface area (Å²) < 4.78 is 66.7. The first kappa shape index (κ1) is 24.6. The lowest BCUT2D eigenvalue weighted by Crippen LogP contribution is -2.35. The van der Waals surface area contributed by atoms with Gasteiger partial charge < -0.3 is 15.4 Å². The summed E-state index contributed by atoms with van der Waals surface area (Å²) in [6.45, 7) is -1.27. The van der Waals surface area contributed by atoms with Crippen molar-refractivity contribution in [2.45, 2.75) is 30.8 Å². The van der Waals surface area contributed by atoms with Gasteiger partial charge in [0.25, 0.3) is 0 Å². The average Bonchev–Trinajstić information content (AvgIpc) is 2.70. The van der Waals surface area contributed by atoms with Crippen LogP contribution in [0, 0.1) is 0 Å². The number of ether oxygens (including phenoxy) is 1. The zero-order valence-electron chi connectivity index (χ0n) is 17.1. The third kappa shape index (κ3) is 7.85. The van der Waals surface area contributed by atoms with E-state index in [1.807, 2.05) is 0 Å². The highest BCUT2D eigenvalue weighted by Gasteiger charge is 2.27. The Labute approximate surface area is 179 Å². The second-order valence-electron chi connectivity index (χ2n) is 6.86. The SMILES string of the molecule is CN(C)S(=O)(=O)c1ccccc1CNC(=O)NCc1ccc(COCC(F)(F)F)cc1. The molecule has 0 aromatic heterocycles. The van der Waals surface area contributed by atoms with Crippen molar-refractivity contribution in [1.82, 2.24) is 14.9 Å². The van der Waals surface area contributed by atoms with Gasteiger partial charge >= 0.3 is 12.2 Å². The number of carbonyl (C=O) groups is 1. The van der Waals surface area contributed by atoms with Gasteiger partial charge in [0.1, 0.15) is 6.61 Å². The first-order chi connectivity index (χ1) is 14.5. The van der Waals surface area contributed by atoms with Gasteiger partial charge in [-0.3, -0.25) is 0 Å². The summed E-state index contributed by atoms with van der Waals surface area (Å²) in [4.78, 5) is 12.2. The monoisotopic (exact) mass is 459 g/mol. The summed E-state index contributed by atoms with van der Waals surface area (Å²) in [6, 6.07) is 12.5. The van der Waals surface area contributed by atoms with E-state index >= 15 is 0 Å². The van der Waals surface area contributed by atoms with Gasteiger partial charge in [0.15, 0.2) is 0 Å². The molecule has 0 saturated carbocycles. The number of rotatable bonds is 9. The molecule has 2 N–H and O–H groups in total. The Morgan fingerprint density at radius 3 is 2.16 bits per heavy atom. The minimum absolute atomic E-state index is 0.0184. The van der Waals surface area contributed by atoms with Gasteiger partial charge in [-0.1, -0.05) is 42.5 Å². The van der Waals surface area contributed by atoms with Gasteiger partial charge in [0.2, 0.25) is 10.0 Å². The molecule has 0 aliphatic carbocycles. The largest absolute Gasteiger partial charge is 0.411 e. The van der Waals surface area contributed by atoms with E-state index in [0.717, 1.165) is 9.87 Å². The summed E-state index contributed by atoms with van der Waals surface area (Å²) in [7, 11) is -0.780. The molecule has 31 heavy (non-hydrogen) atoms. The molecule has 0 spiro atoms. The van der Waals surface area contributed by atoms with E-state index < -0.39 is 28.8 Å². The molecule has 0 fully saturated rings. The third-order valence-corrected chi connectivity index (χ3v) is 6.10. The van der Waals surface area contributed by atoms with Crippen molar-refractivity contribution in [1.29, 1.82) is 0 Å². The fourth-order valence-electron chi connectivity index (χ4n) is 2.56. The maximum atomic E-state index is 12.4. The first-order valence-electron chi connectivity index (χ1n) is 9.23. The van der Waals surface area contributed by atoms with Gasteiger partial charge in [-0.05, 0) is 22.8 Å². The van der Waals surface area contributed by atoms with Crippen molar-refractivity contribution in [3.05, 3.63) is 65.2 Å². The lowest BCUT2D eigenvalue weighted by atomic mass is 10.1. The molecular formula is C20H24F3N3O4S. The molecule has 0 radical (unpaired) electrons. The predicted molar refractivity (Wildman–Crippen MR) is 109 cm³/mol. The van der Waals surface area contributed by atoms with E-state index in [2.05, 4.69) is 15.4 Å². The topological polar surface area (TPSA) is 87.7 Å². The Balaban J connectivity index is 1.84. The number of hydrogen-bond acceptors (Lipinski definition) is 4. The van der Waals surface area contributed by atoms with Crippen LogP contribution < -0.4 is 10.6 Å². The summed E-state index contributed by atoms with van der Waals surface area (Å²) >= 11 is 0. The molecule has 0 saturated heterocycles. The lowest BCUT2D eigenvalue weighted by molar-refractivity contribution is -0.176. The Kier molecular flexibility index (Phi) is 8.43. The van der Waals surface area contributed by atoms with Crippen LogP contribution >= 0.6 is 0 Å². The van der Waals surface area contributed by atoms with Crippen LogP contribution in [0.1, 0.15) is 16.7 Å². The third-order valence-electron chi connectivity index (χ3n) is 4.18. The van der Waals surface area contributed by atoms with Crippen molar-refractivity contribution >= 4 is 16.1 Å². The maximum Gasteiger partial charge on any atom is 0.411 e. The van der Waals surface area contributed by atoms with E-state index in [-0.39, 0.29) is 24.6 Å². The van der Waals surface area contributed by atoms with Crippen LogP contribution in [0.25, 0.3) is 0 Å². The summed E-state index contributed by atoms with van der Waals surface area (Å²) in [5.41, 5.74) is 1.77. The predicted octanol–water partition coefficient (Wildman–Crippen LogP) is 3.02.